The van der Waals surface area contributed by atoms with Gasteiger partial charge in [-0.15, -0.1) is 0 Å². The molecular formula is C24H30ClNO5. The summed E-state index contributed by atoms with van der Waals surface area (Å²) in [6.07, 6.45) is 0.946. The highest BCUT2D eigenvalue weighted by molar-refractivity contribution is 6.31. The number of β-amino-alcohol motifs (C(OH)–C–C–N with tert-alkyl or cyclic N) is 1. The van der Waals surface area contributed by atoms with E-state index in [2.05, 4.69) is 4.90 Å². The monoisotopic (exact) mass is 447 g/mol. The zero-order valence-corrected chi connectivity index (χ0v) is 19.0. The fourth-order valence-electron chi connectivity index (χ4n) is 4.62. The van der Waals surface area contributed by atoms with Gasteiger partial charge < -0.3 is 29.3 Å². The van der Waals surface area contributed by atoms with Crippen molar-refractivity contribution in [1.29, 1.82) is 0 Å². The van der Waals surface area contributed by atoms with Crippen LogP contribution < -0.4 is 14.2 Å². The number of aryl methyl sites for hydroxylation is 1. The van der Waals surface area contributed by atoms with Gasteiger partial charge in [0.15, 0.2) is 11.5 Å². The van der Waals surface area contributed by atoms with E-state index in [0.717, 1.165) is 48.4 Å². The van der Waals surface area contributed by atoms with Gasteiger partial charge in [-0.05, 0) is 55.2 Å². The molecule has 31 heavy (non-hydrogen) atoms. The summed E-state index contributed by atoms with van der Waals surface area (Å²) < 4.78 is 17.0. The van der Waals surface area contributed by atoms with Crippen LogP contribution in [-0.4, -0.2) is 54.6 Å². The highest BCUT2D eigenvalue weighted by atomic mass is 35.5. The summed E-state index contributed by atoms with van der Waals surface area (Å²) in [7, 11) is 3.18. The van der Waals surface area contributed by atoms with Gasteiger partial charge >= 0.3 is 0 Å². The quantitative estimate of drug-likeness (QED) is 0.720. The molecular weight excluding hydrogens is 418 g/mol. The first-order valence-corrected chi connectivity index (χ1v) is 11.0. The van der Waals surface area contributed by atoms with Crippen LogP contribution in [0.15, 0.2) is 30.3 Å². The molecule has 168 valence electrons. The molecule has 0 aliphatic carbocycles. The molecule has 0 bridgehead atoms. The van der Waals surface area contributed by atoms with E-state index in [1.165, 1.54) is 0 Å². The molecule has 0 amide bonds. The Morgan fingerprint density at radius 2 is 1.87 bits per heavy atom. The third-order valence-corrected chi connectivity index (χ3v) is 6.94. The molecule has 7 heteroatoms. The molecule has 2 atom stereocenters. The van der Waals surface area contributed by atoms with Gasteiger partial charge in [-0.1, -0.05) is 17.7 Å². The second kappa shape index (κ2) is 8.87. The number of aliphatic hydroxyl groups excluding tert-OH is 2. The van der Waals surface area contributed by atoms with E-state index >= 15 is 0 Å². The first-order chi connectivity index (χ1) is 14.8. The first kappa shape index (κ1) is 22.2. The number of piperidine rings is 1. The molecule has 1 saturated heterocycles. The Hall–Kier alpha value is -1.99. The fourth-order valence-corrected chi connectivity index (χ4v) is 4.79. The lowest BCUT2D eigenvalue weighted by molar-refractivity contribution is -0.0588. The van der Waals surface area contributed by atoms with Crippen molar-refractivity contribution >= 4 is 11.6 Å². The van der Waals surface area contributed by atoms with Gasteiger partial charge in [0, 0.05) is 36.6 Å². The second-order valence-electron chi connectivity index (χ2n) is 8.58. The second-order valence-corrected chi connectivity index (χ2v) is 8.98. The number of ether oxygens (including phenoxy) is 3. The minimum Gasteiger partial charge on any atom is -0.493 e. The number of nitrogens with zero attached hydrogens (tertiary/aromatic N) is 1. The van der Waals surface area contributed by atoms with Gasteiger partial charge in [0.1, 0.15) is 11.4 Å². The molecule has 2 heterocycles. The van der Waals surface area contributed by atoms with Crippen molar-refractivity contribution in [3.63, 3.8) is 0 Å². The summed E-state index contributed by atoms with van der Waals surface area (Å²) in [5.74, 6) is 1.98. The van der Waals surface area contributed by atoms with Crippen LogP contribution in [0.25, 0.3) is 0 Å². The Balaban J connectivity index is 1.40. The number of aliphatic hydroxyl groups is 2. The van der Waals surface area contributed by atoms with Crippen LogP contribution in [0.3, 0.4) is 0 Å². The van der Waals surface area contributed by atoms with Crippen LogP contribution in [-0.2, 0) is 0 Å². The lowest BCUT2D eigenvalue weighted by atomic mass is 9.81. The van der Waals surface area contributed by atoms with Crippen LogP contribution in [0, 0.1) is 6.92 Å². The Labute approximate surface area is 188 Å². The van der Waals surface area contributed by atoms with Crippen LogP contribution in [0.2, 0.25) is 5.02 Å². The number of rotatable bonds is 5. The molecule has 2 aromatic carbocycles. The van der Waals surface area contributed by atoms with Crippen molar-refractivity contribution in [2.45, 2.75) is 44.0 Å². The third-order valence-electron chi connectivity index (χ3n) is 6.53. The number of methoxy groups -OCH3 is 2. The number of hydrogen-bond donors (Lipinski definition) is 2. The minimum atomic E-state index is -0.628. The molecule has 1 spiro atoms. The molecule has 2 aromatic rings. The largest absolute Gasteiger partial charge is 0.493 e. The zero-order valence-electron chi connectivity index (χ0n) is 18.2. The molecule has 4 rings (SSSR count). The van der Waals surface area contributed by atoms with Gasteiger partial charge in [-0.2, -0.15) is 0 Å². The maximum atomic E-state index is 10.8. The van der Waals surface area contributed by atoms with Crippen LogP contribution >= 0.6 is 11.6 Å². The average molecular weight is 448 g/mol. The molecule has 2 N–H and O–H groups in total. The van der Waals surface area contributed by atoms with Crippen LogP contribution in [0.1, 0.15) is 48.2 Å². The maximum absolute atomic E-state index is 10.8. The number of benzene rings is 2. The number of fused-ring (bicyclic) bond motifs is 1. The number of likely N-dealkylation sites (tertiary alicyclic amines) is 1. The zero-order chi connectivity index (χ0) is 22.2. The fraction of sp³-hybridized carbons (Fsp3) is 0.500. The number of hydrogen-bond acceptors (Lipinski definition) is 6. The summed E-state index contributed by atoms with van der Waals surface area (Å²) in [6.45, 7) is 4.05. The van der Waals surface area contributed by atoms with E-state index in [0.29, 0.717) is 29.5 Å². The third kappa shape index (κ3) is 4.48. The molecule has 6 nitrogen and oxygen atoms in total. The topological polar surface area (TPSA) is 71.4 Å². The van der Waals surface area contributed by atoms with Crippen molar-refractivity contribution in [1.82, 2.24) is 4.90 Å². The minimum absolute atomic E-state index is 0.378. The molecule has 0 aromatic heterocycles. The molecule has 0 saturated carbocycles. The van der Waals surface area contributed by atoms with E-state index in [-0.39, 0.29) is 5.60 Å². The van der Waals surface area contributed by atoms with Gasteiger partial charge in [0.25, 0.3) is 0 Å². The molecule has 1 fully saturated rings. The van der Waals surface area contributed by atoms with Crippen molar-refractivity contribution in [3.8, 4) is 17.2 Å². The summed E-state index contributed by atoms with van der Waals surface area (Å²) in [6, 6.07) is 9.24. The summed E-state index contributed by atoms with van der Waals surface area (Å²) in [5, 5.41) is 22.1. The van der Waals surface area contributed by atoms with E-state index < -0.39 is 12.2 Å². The van der Waals surface area contributed by atoms with Gasteiger partial charge in [-0.3, -0.25) is 0 Å². The van der Waals surface area contributed by atoms with E-state index in [9.17, 15) is 10.2 Å². The van der Waals surface area contributed by atoms with E-state index in [1.54, 1.807) is 14.2 Å². The SMILES string of the molecule is COc1ccc([C@@H](O)CN2CCC3(CC2)C[C@@H](O)c2cc(Cl)c(C)cc2O3)cc1OC. The van der Waals surface area contributed by atoms with Crippen molar-refractivity contribution in [2.75, 3.05) is 33.9 Å². The first-order valence-electron chi connectivity index (χ1n) is 10.6. The van der Waals surface area contributed by atoms with Crippen LogP contribution in [0.5, 0.6) is 17.2 Å². The maximum Gasteiger partial charge on any atom is 0.161 e. The lowest BCUT2D eigenvalue weighted by Crippen LogP contribution is -2.51. The van der Waals surface area contributed by atoms with Crippen molar-refractivity contribution in [3.05, 3.63) is 52.0 Å². The Kier molecular flexibility index (Phi) is 6.35. The molecule has 0 radical (unpaired) electrons. The predicted molar refractivity (Wildman–Crippen MR) is 119 cm³/mol. The average Bonchev–Trinajstić information content (AvgIpc) is 2.76. The standard InChI is InChI=1S/C24H30ClNO5/c1-15-10-22-17(12-18(15)25)19(27)13-24(31-22)6-8-26(9-7-24)14-20(28)16-4-5-21(29-2)23(11-16)30-3/h4-5,10-12,19-20,27-28H,6-9,13-14H2,1-3H3/t19-,20+/m1/s1. The highest BCUT2D eigenvalue weighted by Gasteiger charge is 2.43. The Morgan fingerprint density at radius 1 is 1.16 bits per heavy atom. The highest BCUT2D eigenvalue weighted by Crippen LogP contribution is 2.46. The normalized spacial score (nSPS) is 21.3. The number of halogens is 1. The van der Waals surface area contributed by atoms with Gasteiger partial charge in [0.2, 0.25) is 0 Å². The van der Waals surface area contributed by atoms with Gasteiger partial charge in [-0.25, -0.2) is 0 Å². The molecule has 2 aliphatic heterocycles. The smallest absolute Gasteiger partial charge is 0.161 e. The Bertz CT molecular complexity index is 942. The predicted octanol–water partition coefficient (Wildman–Crippen LogP) is 4.05. The molecule has 0 unspecified atom stereocenters. The summed E-state index contributed by atoms with van der Waals surface area (Å²) >= 11 is 6.23. The lowest BCUT2D eigenvalue weighted by Gasteiger charge is -2.46. The van der Waals surface area contributed by atoms with Crippen molar-refractivity contribution < 1.29 is 24.4 Å². The van der Waals surface area contributed by atoms with E-state index in [4.69, 9.17) is 25.8 Å². The van der Waals surface area contributed by atoms with Crippen molar-refractivity contribution in [2.24, 2.45) is 0 Å². The van der Waals surface area contributed by atoms with E-state index in [1.807, 2.05) is 37.3 Å². The Morgan fingerprint density at radius 3 is 2.55 bits per heavy atom. The van der Waals surface area contributed by atoms with Gasteiger partial charge in [0.05, 0.1) is 26.4 Å². The summed E-state index contributed by atoms with van der Waals surface area (Å²) in [4.78, 5) is 2.24. The molecule has 2 aliphatic rings. The van der Waals surface area contributed by atoms with Crippen LogP contribution in [0.4, 0.5) is 0 Å². The summed E-state index contributed by atoms with van der Waals surface area (Å²) in [5.41, 5.74) is 2.13.